The molecule has 0 radical (unpaired) electrons. The lowest BCUT2D eigenvalue weighted by Gasteiger charge is -2.42. The van der Waals surface area contributed by atoms with Gasteiger partial charge in [0, 0.05) is 24.9 Å². The Morgan fingerprint density at radius 3 is 2.55 bits per heavy atom. The number of hydrogen-bond acceptors (Lipinski definition) is 2. The van der Waals surface area contributed by atoms with Crippen molar-refractivity contribution >= 4 is 17.5 Å². The van der Waals surface area contributed by atoms with Gasteiger partial charge in [0.2, 0.25) is 5.91 Å². The number of amides is 1. The average Bonchev–Trinajstić information content (AvgIpc) is 2.44. The summed E-state index contributed by atoms with van der Waals surface area (Å²) in [4.78, 5) is 14.8. The molecule has 1 saturated heterocycles. The zero-order valence-corrected chi connectivity index (χ0v) is 13.6. The highest BCUT2D eigenvalue weighted by molar-refractivity contribution is 6.17. The lowest BCUT2D eigenvalue weighted by atomic mass is 9.68. The molecule has 2 aliphatic rings. The van der Waals surface area contributed by atoms with Crippen molar-refractivity contribution in [2.24, 2.45) is 11.3 Å². The normalized spacial score (nSPS) is 27.6. The van der Waals surface area contributed by atoms with Gasteiger partial charge in [-0.05, 0) is 31.1 Å². The smallest absolute Gasteiger partial charge is 0.226 e. The largest absolute Gasteiger partial charge is 0.377 e. The van der Waals surface area contributed by atoms with Crippen LogP contribution in [0.5, 0.6) is 0 Å². The third kappa shape index (κ3) is 3.88. The van der Waals surface area contributed by atoms with Crippen molar-refractivity contribution in [2.45, 2.75) is 58.5 Å². The summed E-state index contributed by atoms with van der Waals surface area (Å²) in [6, 6.07) is 0. The maximum atomic E-state index is 12.8. The number of likely N-dealkylation sites (tertiary alicyclic amines) is 1. The minimum Gasteiger partial charge on any atom is -0.377 e. The molecule has 1 unspecified atom stereocenters. The summed E-state index contributed by atoms with van der Waals surface area (Å²) in [5.41, 5.74) is 0.168. The van der Waals surface area contributed by atoms with Gasteiger partial charge in [0.1, 0.15) is 0 Å². The van der Waals surface area contributed by atoms with Crippen LogP contribution in [-0.4, -0.2) is 42.5 Å². The molecule has 1 atom stereocenters. The van der Waals surface area contributed by atoms with E-state index in [2.05, 4.69) is 18.7 Å². The summed E-state index contributed by atoms with van der Waals surface area (Å²) in [6.07, 6.45) is 6.91. The zero-order chi connectivity index (χ0) is 14.6. The third-order valence-corrected chi connectivity index (χ3v) is 5.14. The number of rotatable bonds is 4. The van der Waals surface area contributed by atoms with Crippen LogP contribution in [0.25, 0.3) is 0 Å². The van der Waals surface area contributed by atoms with Gasteiger partial charge in [0.25, 0.3) is 0 Å². The van der Waals surface area contributed by atoms with E-state index in [0.29, 0.717) is 18.4 Å². The molecular weight excluding hydrogens is 274 g/mol. The van der Waals surface area contributed by atoms with Crippen molar-refractivity contribution in [1.29, 1.82) is 0 Å². The highest BCUT2D eigenvalue weighted by Crippen LogP contribution is 2.41. The van der Waals surface area contributed by atoms with Gasteiger partial charge in [-0.15, -0.1) is 11.6 Å². The fourth-order valence-corrected chi connectivity index (χ4v) is 3.72. The number of carbonyl (C=O) groups is 1. The van der Waals surface area contributed by atoms with Gasteiger partial charge in [-0.2, -0.15) is 0 Å². The molecule has 3 nitrogen and oxygen atoms in total. The van der Waals surface area contributed by atoms with Gasteiger partial charge in [0.05, 0.1) is 12.7 Å². The quantitative estimate of drug-likeness (QED) is 0.744. The highest BCUT2D eigenvalue weighted by atomic mass is 35.5. The Kier molecular flexibility index (Phi) is 5.74. The Morgan fingerprint density at radius 2 is 1.95 bits per heavy atom. The van der Waals surface area contributed by atoms with Gasteiger partial charge in [-0.25, -0.2) is 0 Å². The van der Waals surface area contributed by atoms with Crippen molar-refractivity contribution in [3.8, 4) is 0 Å². The lowest BCUT2D eigenvalue weighted by Crippen LogP contribution is -2.47. The van der Waals surface area contributed by atoms with E-state index in [1.807, 2.05) is 0 Å². The average molecular weight is 302 g/mol. The van der Waals surface area contributed by atoms with E-state index in [1.165, 1.54) is 19.3 Å². The zero-order valence-electron chi connectivity index (χ0n) is 12.9. The summed E-state index contributed by atoms with van der Waals surface area (Å²) in [5.74, 6) is 1.15. The number of carbonyl (C=O) groups excluding carboxylic acids is 1. The number of alkyl halides is 1. The molecule has 0 N–H and O–H groups in total. The van der Waals surface area contributed by atoms with Gasteiger partial charge in [0.15, 0.2) is 0 Å². The summed E-state index contributed by atoms with van der Waals surface area (Å²) >= 11 is 5.64. The molecule has 0 aromatic rings. The Hall–Kier alpha value is -0.280. The Balaban J connectivity index is 1.85. The van der Waals surface area contributed by atoms with Crippen LogP contribution in [-0.2, 0) is 9.53 Å². The number of halogens is 1. The van der Waals surface area contributed by atoms with E-state index in [9.17, 15) is 4.79 Å². The molecule has 2 fully saturated rings. The molecule has 0 aromatic heterocycles. The van der Waals surface area contributed by atoms with E-state index in [-0.39, 0.29) is 17.4 Å². The first-order chi connectivity index (χ1) is 9.54. The molecule has 2 rings (SSSR count). The molecule has 1 aliphatic carbocycles. The van der Waals surface area contributed by atoms with Gasteiger partial charge in [-0.1, -0.05) is 26.7 Å². The molecule has 1 saturated carbocycles. The van der Waals surface area contributed by atoms with E-state index in [0.717, 1.165) is 32.4 Å². The molecule has 0 bridgehead atoms. The molecule has 1 aliphatic heterocycles. The highest BCUT2D eigenvalue weighted by Gasteiger charge is 2.39. The van der Waals surface area contributed by atoms with Gasteiger partial charge < -0.3 is 9.64 Å². The van der Waals surface area contributed by atoms with Crippen LogP contribution in [0.1, 0.15) is 52.4 Å². The first-order valence-corrected chi connectivity index (χ1v) is 8.54. The standard InChI is InChI=1S/C16H28ClNO2/c1-16(2)8-4-3-5-14(16)15(19)18-10-6-13(7-11-18)20-12-9-17/h13-14H,3-12H2,1-2H3. The van der Waals surface area contributed by atoms with Crippen LogP contribution in [0.15, 0.2) is 0 Å². The van der Waals surface area contributed by atoms with Crippen molar-refractivity contribution in [1.82, 2.24) is 4.90 Å². The minimum absolute atomic E-state index is 0.168. The van der Waals surface area contributed by atoms with Crippen LogP contribution in [0.3, 0.4) is 0 Å². The second-order valence-corrected chi connectivity index (χ2v) is 7.25. The van der Waals surface area contributed by atoms with Gasteiger partial charge in [-0.3, -0.25) is 4.79 Å². The maximum Gasteiger partial charge on any atom is 0.226 e. The van der Waals surface area contributed by atoms with E-state index >= 15 is 0 Å². The van der Waals surface area contributed by atoms with E-state index in [1.54, 1.807) is 0 Å². The monoisotopic (exact) mass is 301 g/mol. The van der Waals surface area contributed by atoms with Crippen molar-refractivity contribution in [2.75, 3.05) is 25.6 Å². The van der Waals surface area contributed by atoms with Crippen molar-refractivity contribution in [3.63, 3.8) is 0 Å². The summed E-state index contributed by atoms with van der Waals surface area (Å²) in [7, 11) is 0. The van der Waals surface area contributed by atoms with E-state index < -0.39 is 0 Å². The SMILES string of the molecule is CC1(C)CCCCC1C(=O)N1CCC(OCCCl)CC1. The second-order valence-electron chi connectivity index (χ2n) is 6.87. The van der Waals surface area contributed by atoms with Crippen LogP contribution < -0.4 is 0 Å². The van der Waals surface area contributed by atoms with Crippen LogP contribution in [0.4, 0.5) is 0 Å². The molecule has 116 valence electrons. The summed E-state index contributed by atoms with van der Waals surface area (Å²) in [5, 5.41) is 0. The topological polar surface area (TPSA) is 29.5 Å². The third-order valence-electron chi connectivity index (χ3n) is 4.99. The molecule has 0 aromatic carbocycles. The summed E-state index contributed by atoms with van der Waals surface area (Å²) < 4.78 is 5.68. The predicted molar refractivity (Wildman–Crippen MR) is 82.0 cm³/mol. The Bertz CT molecular complexity index is 324. The van der Waals surface area contributed by atoms with Gasteiger partial charge >= 0.3 is 0 Å². The fourth-order valence-electron chi connectivity index (χ4n) is 3.63. The van der Waals surface area contributed by atoms with Crippen LogP contribution >= 0.6 is 11.6 Å². The maximum absolute atomic E-state index is 12.8. The van der Waals surface area contributed by atoms with Crippen molar-refractivity contribution in [3.05, 3.63) is 0 Å². The first-order valence-electron chi connectivity index (χ1n) is 8.01. The molecule has 1 amide bonds. The van der Waals surface area contributed by atoms with Crippen LogP contribution in [0.2, 0.25) is 0 Å². The molecule has 0 spiro atoms. The lowest BCUT2D eigenvalue weighted by molar-refractivity contribution is -0.143. The fraction of sp³-hybridized carbons (Fsp3) is 0.938. The molecule has 20 heavy (non-hydrogen) atoms. The number of hydrogen-bond donors (Lipinski definition) is 0. The Morgan fingerprint density at radius 1 is 1.25 bits per heavy atom. The Labute approximate surface area is 128 Å². The predicted octanol–water partition coefficient (Wildman–Crippen LogP) is 3.45. The number of ether oxygens (including phenoxy) is 1. The molecule has 4 heteroatoms. The number of nitrogens with zero attached hydrogens (tertiary/aromatic N) is 1. The molecular formula is C16H28ClNO2. The number of piperidine rings is 1. The first kappa shape index (κ1) is 16.1. The second kappa shape index (κ2) is 7.13. The minimum atomic E-state index is 0.168. The molecule has 1 heterocycles. The summed E-state index contributed by atoms with van der Waals surface area (Å²) in [6.45, 7) is 6.82. The van der Waals surface area contributed by atoms with Crippen molar-refractivity contribution < 1.29 is 9.53 Å². The van der Waals surface area contributed by atoms with E-state index in [4.69, 9.17) is 16.3 Å². The van der Waals surface area contributed by atoms with Crippen LogP contribution in [0, 0.1) is 11.3 Å².